The number of nitriles is 1. The van der Waals surface area contributed by atoms with Gasteiger partial charge >= 0.3 is 0 Å². The molecular formula is C24H27BrN2O2. The smallest absolute Gasteiger partial charge is 0.266 e. The number of nitrogens with one attached hydrogen (secondary N) is 1. The maximum Gasteiger partial charge on any atom is 0.266 e. The van der Waals surface area contributed by atoms with Crippen molar-refractivity contribution in [2.24, 2.45) is 0 Å². The van der Waals surface area contributed by atoms with Gasteiger partial charge in [0.05, 0.1) is 12.3 Å². The molecule has 0 aliphatic carbocycles. The number of rotatable bonds is 7. The summed E-state index contributed by atoms with van der Waals surface area (Å²) in [6.45, 7) is 9.18. The van der Waals surface area contributed by atoms with Crippen LogP contribution in [0.4, 0.5) is 5.69 Å². The molecule has 4 nitrogen and oxygen atoms in total. The number of hydrogen-bond acceptors (Lipinski definition) is 3. The van der Waals surface area contributed by atoms with Crippen molar-refractivity contribution in [3.8, 4) is 11.8 Å². The maximum absolute atomic E-state index is 12.6. The van der Waals surface area contributed by atoms with E-state index >= 15 is 0 Å². The second-order valence-corrected chi connectivity index (χ2v) is 8.69. The van der Waals surface area contributed by atoms with E-state index in [-0.39, 0.29) is 11.0 Å². The van der Waals surface area contributed by atoms with E-state index in [0.29, 0.717) is 12.3 Å². The number of amides is 1. The zero-order valence-electron chi connectivity index (χ0n) is 17.4. The predicted molar refractivity (Wildman–Crippen MR) is 122 cm³/mol. The van der Waals surface area contributed by atoms with Gasteiger partial charge in [-0.1, -0.05) is 52.3 Å². The first kappa shape index (κ1) is 22.7. The van der Waals surface area contributed by atoms with E-state index in [1.54, 1.807) is 6.08 Å². The van der Waals surface area contributed by atoms with E-state index in [0.717, 1.165) is 34.2 Å². The fraction of sp³-hybridized carbons (Fsp3) is 0.333. The van der Waals surface area contributed by atoms with Crippen molar-refractivity contribution in [3.63, 3.8) is 0 Å². The van der Waals surface area contributed by atoms with Gasteiger partial charge in [-0.15, -0.1) is 0 Å². The van der Waals surface area contributed by atoms with Gasteiger partial charge in [0.1, 0.15) is 17.4 Å². The van der Waals surface area contributed by atoms with Crippen LogP contribution in [0.15, 0.2) is 52.5 Å². The first-order chi connectivity index (χ1) is 13.7. The van der Waals surface area contributed by atoms with Crippen LogP contribution in [0.3, 0.4) is 0 Å². The van der Waals surface area contributed by atoms with Gasteiger partial charge in [-0.2, -0.15) is 5.26 Å². The quantitative estimate of drug-likeness (QED) is 0.296. The fourth-order valence-corrected chi connectivity index (χ4v) is 3.06. The highest BCUT2D eigenvalue weighted by Gasteiger charge is 2.16. The Balaban J connectivity index is 2.11. The molecule has 0 heterocycles. The van der Waals surface area contributed by atoms with Gasteiger partial charge in [-0.05, 0) is 69.2 Å². The average Bonchev–Trinajstić information content (AvgIpc) is 2.68. The summed E-state index contributed by atoms with van der Waals surface area (Å²) in [6.07, 6.45) is 3.66. The third-order valence-corrected chi connectivity index (χ3v) is 5.06. The summed E-state index contributed by atoms with van der Waals surface area (Å²) in [5.41, 5.74) is 2.59. The SMILES string of the molecule is CCCCOc1ccc(/C=C(\C#N)C(=O)Nc2ccc(C(C)(C)C)cc2Br)cc1. The van der Waals surface area contributed by atoms with E-state index in [1.807, 2.05) is 48.5 Å². The molecule has 0 aliphatic rings. The lowest BCUT2D eigenvalue weighted by atomic mass is 9.87. The van der Waals surface area contributed by atoms with Crippen LogP contribution in [0.2, 0.25) is 0 Å². The van der Waals surface area contributed by atoms with Crippen molar-refractivity contribution in [3.05, 3.63) is 63.6 Å². The van der Waals surface area contributed by atoms with Crippen molar-refractivity contribution in [1.29, 1.82) is 5.26 Å². The minimum Gasteiger partial charge on any atom is -0.494 e. The number of anilines is 1. The Labute approximate surface area is 181 Å². The van der Waals surface area contributed by atoms with E-state index in [2.05, 4.69) is 48.9 Å². The molecule has 2 rings (SSSR count). The molecule has 0 bridgehead atoms. The summed E-state index contributed by atoms with van der Waals surface area (Å²) in [6, 6.07) is 15.2. The normalized spacial score (nSPS) is 11.7. The van der Waals surface area contributed by atoms with Crippen molar-refractivity contribution in [1.82, 2.24) is 0 Å². The first-order valence-electron chi connectivity index (χ1n) is 9.70. The summed E-state index contributed by atoms with van der Waals surface area (Å²) in [4.78, 5) is 12.6. The Kier molecular flexibility index (Phi) is 8.04. The zero-order valence-corrected chi connectivity index (χ0v) is 19.0. The molecule has 0 saturated carbocycles. The molecule has 5 heteroatoms. The molecule has 0 saturated heterocycles. The minimum atomic E-state index is -0.444. The van der Waals surface area contributed by atoms with Crippen LogP contribution in [0.5, 0.6) is 5.75 Å². The topological polar surface area (TPSA) is 62.1 Å². The van der Waals surface area contributed by atoms with Gasteiger partial charge in [-0.3, -0.25) is 4.79 Å². The summed E-state index contributed by atoms with van der Waals surface area (Å²) in [5.74, 6) is 0.335. The van der Waals surface area contributed by atoms with Crippen molar-refractivity contribution < 1.29 is 9.53 Å². The van der Waals surface area contributed by atoms with Crippen LogP contribution in [-0.2, 0) is 10.2 Å². The first-order valence-corrected chi connectivity index (χ1v) is 10.5. The Morgan fingerprint density at radius 3 is 2.45 bits per heavy atom. The number of ether oxygens (including phenoxy) is 1. The number of benzene rings is 2. The Morgan fingerprint density at radius 1 is 1.21 bits per heavy atom. The second kappa shape index (κ2) is 10.3. The second-order valence-electron chi connectivity index (χ2n) is 7.84. The molecule has 2 aromatic rings. The van der Waals surface area contributed by atoms with Gasteiger partial charge in [0.2, 0.25) is 0 Å². The Hall–Kier alpha value is -2.58. The lowest BCUT2D eigenvalue weighted by molar-refractivity contribution is -0.112. The molecule has 1 amide bonds. The molecule has 0 spiro atoms. The number of unbranched alkanes of at least 4 members (excludes halogenated alkanes) is 1. The van der Waals surface area contributed by atoms with E-state index in [9.17, 15) is 10.1 Å². The monoisotopic (exact) mass is 454 g/mol. The van der Waals surface area contributed by atoms with Crippen LogP contribution < -0.4 is 10.1 Å². The van der Waals surface area contributed by atoms with Crippen molar-refractivity contribution in [2.75, 3.05) is 11.9 Å². The molecule has 0 atom stereocenters. The van der Waals surface area contributed by atoms with Crippen LogP contribution in [0.1, 0.15) is 51.7 Å². The molecule has 0 aliphatic heterocycles. The van der Waals surface area contributed by atoms with Gasteiger partial charge in [0.25, 0.3) is 5.91 Å². The minimum absolute atomic E-state index is 0.00912. The number of hydrogen-bond donors (Lipinski definition) is 1. The summed E-state index contributed by atoms with van der Waals surface area (Å²) < 4.78 is 6.42. The molecule has 152 valence electrons. The highest BCUT2D eigenvalue weighted by molar-refractivity contribution is 9.10. The number of nitrogens with zero attached hydrogens (tertiary/aromatic N) is 1. The molecule has 0 aromatic heterocycles. The Bertz CT molecular complexity index is 919. The predicted octanol–water partition coefficient (Wildman–Crippen LogP) is 6.47. The average molecular weight is 455 g/mol. The molecule has 29 heavy (non-hydrogen) atoms. The van der Waals surface area contributed by atoms with Gasteiger partial charge < -0.3 is 10.1 Å². The lowest BCUT2D eigenvalue weighted by Gasteiger charge is -2.20. The third kappa shape index (κ3) is 6.76. The summed E-state index contributed by atoms with van der Waals surface area (Å²) >= 11 is 3.51. The van der Waals surface area contributed by atoms with E-state index < -0.39 is 5.91 Å². The highest BCUT2D eigenvalue weighted by Crippen LogP contribution is 2.30. The van der Waals surface area contributed by atoms with Crippen LogP contribution in [-0.4, -0.2) is 12.5 Å². The maximum atomic E-state index is 12.6. The number of carbonyl (C=O) groups excluding carboxylic acids is 1. The molecule has 0 fully saturated rings. The van der Waals surface area contributed by atoms with Crippen molar-refractivity contribution >= 4 is 33.6 Å². The lowest BCUT2D eigenvalue weighted by Crippen LogP contribution is -2.15. The van der Waals surface area contributed by atoms with Gasteiger partial charge in [0, 0.05) is 4.47 Å². The van der Waals surface area contributed by atoms with Crippen molar-refractivity contribution in [2.45, 2.75) is 46.0 Å². The van der Waals surface area contributed by atoms with E-state index in [4.69, 9.17) is 4.74 Å². The molecular weight excluding hydrogens is 428 g/mol. The Morgan fingerprint density at radius 2 is 1.90 bits per heavy atom. The fourth-order valence-electron chi connectivity index (χ4n) is 2.58. The van der Waals surface area contributed by atoms with Gasteiger partial charge in [0.15, 0.2) is 0 Å². The molecule has 2 aromatic carbocycles. The molecule has 0 radical (unpaired) electrons. The zero-order chi connectivity index (χ0) is 21.4. The standard InChI is InChI=1S/C24H27BrN2O2/c1-5-6-13-29-20-10-7-17(8-11-20)14-18(16-26)23(28)27-22-12-9-19(15-21(22)25)24(2,3)4/h7-12,14-15H,5-6,13H2,1-4H3,(H,27,28)/b18-14+. The van der Waals surface area contributed by atoms with Crippen LogP contribution in [0.25, 0.3) is 6.08 Å². The largest absolute Gasteiger partial charge is 0.494 e. The summed E-state index contributed by atoms with van der Waals surface area (Å²) in [5, 5.41) is 12.2. The molecule has 1 N–H and O–H groups in total. The molecule has 0 unspecified atom stereocenters. The van der Waals surface area contributed by atoms with E-state index in [1.165, 1.54) is 0 Å². The number of carbonyl (C=O) groups is 1. The number of halogens is 1. The van der Waals surface area contributed by atoms with Crippen LogP contribution >= 0.6 is 15.9 Å². The highest BCUT2D eigenvalue weighted by atomic mass is 79.9. The summed E-state index contributed by atoms with van der Waals surface area (Å²) in [7, 11) is 0. The van der Waals surface area contributed by atoms with Crippen LogP contribution in [0, 0.1) is 11.3 Å². The third-order valence-electron chi connectivity index (χ3n) is 4.41. The van der Waals surface area contributed by atoms with Gasteiger partial charge in [-0.25, -0.2) is 0 Å².